The molecule has 0 atom stereocenters. The molecule has 2 aromatic rings. The first-order chi connectivity index (χ1) is 12.3. The van der Waals surface area contributed by atoms with E-state index in [2.05, 4.69) is 75.4 Å². The molecule has 0 fully saturated rings. The summed E-state index contributed by atoms with van der Waals surface area (Å²) < 4.78 is 6.44. The zero-order chi connectivity index (χ0) is 18.0. The molecule has 25 heavy (non-hydrogen) atoms. The van der Waals surface area contributed by atoms with Gasteiger partial charge in [-0.05, 0) is 0 Å². The van der Waals surface area contributed by atoms with E-state index in [1.807, 2.05) is 0 Å². The summed E-state index contributed by atoms with van der Waals surface area (Å²) in [5.74, 6) is 0. The fourth-order valence-electron chi connectivity index (χ4n) is 4.00. The Labute approximate surface area is 159 Å². The van der Waals surface area contributed by atoms with E-state index in [0.29, 0.717) is 0 Å². The second-order valence-electron chi connectivity index (χ2n) is 7.53. The molecule has 0 unspecified atom stereocenters. The number of hydrogen-bond donors (Lipinski definition) is 0. The second kappa shape index (κ2) is 11.1. The molecule has 1 heteroatoms. The Hall–Kier alpha value is -0.761. The Morgan fingerprint density at radius 3 is 1.44 bits per heavy atom. The maximum absolute atomic E-state index is 2.51. The van der Waals surface area contributed by atoms with Gasteiger partial charge < -0.3 is 0 Å². The Bertz CT molecular complexity index is 563. The van der Waals surface area contributed by atoms with E-state index in [9.17, 15) is 0 Å². The van der Waals surface area contributed by atoms with Gasteiger partial charge in [-0.3, -0.25) is 0 Å². The molecule has 0 spiro atoms. The molecule has 0 radical (unpaired) electrons. The van der Waals surface area contributed by atoms with Gasteiger partial charge in [0.25, 0.3) is 0 Å². The third-order valence-electron chi connectivity index (χ3n) is 5.63. The van der Waals surface area contributed by atoms with Crippen LogP contribution in [0.5, 0.6) is 0 Å². The van der Waals surface area contributed by atoms with Crippen molar-refractivity contribution in [3.8, 4) is 11.1 Å². The van der Waals surface area contributed by atoms with Crippen LogP contribution in [0.15, 0.2) is 54.6 Å². The van der Waals surface area contributed by atoms with Crippen molar-refractivity contribution in [2.24, 2.45) is 0 Å². The van der Waals surface area contributed by atoms with E-state index in [1.165, 1.54) is 49.7 Å². The van der Waals surface area contributed by atoms with Gasteiger partial charge in [-0.15, -0.1) is 0 Å². The predicted octanol–water partition coefficient (Wildman–Crippen LogP) is 7.41. The molecule has 2 rings (SSSR count). The third kappa shape index (κ3) is 5.88. The SMILES string of the molecule is CCC[CH2][Sn]([CH2]CCC)([CH2]CCC)[c]1ccc(-c2ccccc2)cc1. The maximum atomic E-state index is 2.51. The standard InChI is InChI=1S/C12H9.3C4H9.Sn/c1-3-7-11(8-4-1)12-9-5-2-6-10-12;3*1-3-4-2;/h1,3-10H;3*1,3-4H2,2H3;. The zero-order valence-electron chi connectivity index (χ0n) is 16.6. The first-order valence-electron chi connectivity index (χ1n) is 10.4. The van der Waals surface area contributed by atoms with E-state index in [4.69, 9.17) is 0 Å². The molecule has 0 nitrogen and oxygen atoms in total. The Kier molecular flexibility index (Phi) is 9.09. The molecule has 0 N–H and O–H groups in total. The fourth-order valence-corrected chi connectivity index (χ4v) is 19.9. The molecule has 0 saturated heterocycles. The van der Waals surface area contributed by atoms with Crippen molar-refractivity contribution in [1.29, 1.82) is 0 Å². The molecule has 2 aromatic carbocycles. The van der Waals surface area contributed by atoms with Gasteiger partial charge in [0.2, 0.25) is 0 Å². The van der Waals surface area contributed by atoms with Crippen LogP contribution in [-0.4, -0.2) is 18.4 Å². The van der Waals surface area contributed by atoms with E-state index in [1.54, 1.807) is 16.9 Å². The van der Waals surface area contributed by atoms with Gasteiger partial charge in [0.05, 0.1) is 0 Å². The zero-order valence-corrected chi connectivity index (χ0v) is 19.4. The fraction of sp³-hybridized carbons (Fsp3) is 0.500. The van der Waals surface area contributed by atoms with Gasteiger partial charge in [0.1, 0.15) is 0 Å². The first-order valence-corrected chi connectivity index (χ1v) is 17.9. The molecule has 0 amide bonds. The average Bonchev–Trinajstić information content (AvgIpc) is 2.68. The summed E-state index contributed by atoms with van der Waals surface area (Å²) in [6.07, 6.45) is 8.34. The number of benzene rings is 2. The topological polar surface area (TPSA) is 0 Å². The van der Waals surface area contributed by atoms with E-state index in [-0.39, 0.29) is 0 Å². The normalized spacial score (nSPS) is 11.6. The summed E-state index contributed by atoms with van der Waals surface area (Å²) in [6, 6.07) is 20.6. The molecular formula is C24H36Sn. The Balaban J connectivity index is 2.30. The molecule has 0 aliphatic heterocycles. The summed E-state index contributed by atoms with van der Waals surface area (Å²) in [6.45, 7) is 7.07. The van der Waals surface area contributed by atoms with Crippen LogP contribution in [0, 0.1) is 0 Å². The quantitative estimate of drug-likeness (QED) is 0.317. The molecule has 0 heterocycles. The summed E-state index contributed by atoms with van der Waals surface area (Å²) in [5.41, 5.74) is 2.71. The van der Waals surface area contributed by atoms with Crippen LogP contribution in [0.25, 0.3) is 11.1 Å². The van der Waals surface area contributed by atoms with E-state index < -0.39 is 18.4 Å². The van der Waals surface area contributed by atoms with Crippen molar-refractivity contribution in [3.05, 3.63) is 54.6 Å². The third-order valence-corrected chi connectivity index (χ3v) is 21.3. The van der Waals surface area contributed by atoms with Crippen LogP contribution in [0.1, 0.15) is 59.3 Å². The minimum atomic E-state index is -2.25. The molecule has 136 valence electrons. The van der Waals surface area contributed by atoms with Gasteiger partial charge in [-0.25, -0.2) is 0 Å². The summed E-state index contributed by atoms with van der Waals surface area (Å²) in [7, 11) is 0. The number of rotatable bonds is 11. The second-order valence-corrected chi connectivity index (χ2v) is 20.8. The van der Waals surface area contributed by atoms with Crippen LogP contribution >= 0.6 is 0 Å². The monoisotopic (exact) mass is 444 g/mol. The van der Waals surface area contributed by atoms with Crippen LogP contribution in [0.4, 0.5) is 0 Å². The van der Waals surface area contributed by atoms with Gasteiger partial charge in [-0.1, -0.05) is 0 Å². The van der Waals surface area contributed by atoms with Crippen molar-refractivity contribution in [3.63, 3.8) is 0 Å². The van der Waals surface area contributed by atoms with E-state index in [0.717, 1.165) is 0 Å². The predicted molar refractivity (Wildman–Crippen MR) is 116 cm³/mol. The summed E-state index contributed by atoms with van der Waals surface area (Å²) in [5, 5.41) is 0. The van der Waals surface area contributed by atoms with Crippen LogP contribution in [0.3, 0.4) is 0 Å². The molecule has 0 aliphatic rings. The molecule has 0 saturated carbocycles. The van der Waals surface area contributed by atoms with E-state index >= 15 is 0 Å². The van der Waals surface area contributed by atoms with Gasteiger partial charge in [-0.2, -0.15) is 0 Å². The van der Waals surface area contributed by atoms with Crippen molar-refractivity contribution >= 4 is 22.0 Å². The minimum absolute atomic E-state index is 1.34. The molecular weight excluding hydrogens is 407 g/mol. The van der Waals surface area contributed by atoms with Crippen molar-refractivity contribution in [1.82, 2.24) is 0 Å². The van der Waals surface area contributed by atoms with Crippen molar-refractivity contribution < 1.29 is 0 Å². The first kappa shape index (κ1) is 20.5. The van der Waals surface area contributed by atoms with Crippen molar-refractivity contribution in [2.45, 2.75) is 72.6 Å². The van der Waals surface area contributed by atoms with Gasteiger partial charge in [0, 0.05) is 0 Å². The van der Waals surface area contributed by atoms with Gasteiger partial charge in [0.15, 0.2) is 0 Å². The summed E-state index contributed by atoms with van der Waals surface area (Å²) in [4.78, 5) is 0. The van der Waals surface area contributed by atoms with Crippen LogP contribution < -0.4 is 3.58 Å². The molecule has 0 aromatic heterocycles. The average molecular weight is 443 g/mol. The number of unbranched alkanes of at least 4 members (excludes halogenated alkanes) is 3. The van der Waals surface area contributed by atoms with Crippen LogP contribution in [0.2, 0.25) is 13.3 Å². The van der Waals surface area contributed by atoms with Crippen LogP contribution in [-0.2, 0) is 0 Å². The number of hydrogen-bond acceptors (Lipinski definition) is 0. The van der Waals surface area contributed by atoms with Crippen molar-refractivity contribution in [2.75, 3.05) is 0 Å². The molecule has 0 aliphatic carbocycles. The Morgan fingerprint density at radius 1 is 0.560 bits per heavy atom. The molecule has 0 bridgehead atoms. The Morgan fingerprint density at radius 2 is 1.00 bits per heavy atom. The van der Waals surface area contributed by atoms with Gasteiger partial charge >= 0.3 is 160 Å². The summed E-state index contributed by atoms with van der Waals surface area (Å²) >= 11 is -2.25.